The Morgan fingerprint density at radius 1 is 1.12 bits per heavy atom. The number of aromatic nitrogens is 1. The van der Waals surface area contributed by atoms with Crippen molar-refractivity contribution in [2.24, 2.45) is 0 Å². The molecule has 0 spiro atoms. The van der Waals surface area contributed by atoms with Gasteiger partial charge in [0, 0.05) is 5.56 Å². The molecule has 0 aliphatic heterocycles. The number of aromatic carboxylic acids is 1. The molecule has 3 rings (SSSR count). The number of oxazole rings is 1. The predicted octanol–water partition coefficient (Wildman–Crippen LogP) is 4.65. The van der Waals surface area contributed by atoms with Crippen LogP contribution in [0, 0.1) is 0 Å². The predicted molar refractivity (Wildman–Crippen MR) is 83.1 cm³/mol. The van der Waals surface area contributed by atoms with E-state index in [9.17, 15) is 18.0 Å². The van der Waals surface area contributed by atoms with E-state index in [1.165, 1.54) is 36.7 Å². The van der Waals surface area contributed by atoms with Gasteiger partial charge in [-0.25, -0.2) is 9.78 Å². The molecule has 0 saturated heterocycles. The van der Waals surface area contributed by atoms with E-state index >= 15 is 0 Å². The molecule has 0 aliphatic carbocycles. The topological polar surface area (TPSA) is 63.3 Å². The molecule has 4 nitrogen and oxygen atoms in total. The number of alkyl halides is 3. The maximum atomic E-state index is 12.6. The van der Waals surface area contributed by atoms with Crippen LogP contribution in [0.2, 0.25) is 0 Å². The summed E-state index contributed by atoms with van der Waals surface area (Å²) in [6, 6.07) is 9.32. The van der Waals surface area contributed by atoms with Gasteiger partial charge in [-0.1, -0.05) is 18.2 Å². The van der Waals surface area contributed by atoms with Crippen molar-refractivity contribution in [2.45, 2.75) is 12.6 Å². The normalized spacial score (nSPS) is 11.5. The standard InChI is InChI=1S/C18H12F3NO3/c19-18(20,21)14-5-1-11(2-6-14)9-12-3-4-13(17(23)24)10-15(12)16-22-7-8-25-16/h1-8,10H,9H2,(H,23,24). The monoisotopic (exact) mass is 347 g/mol. The molecule has 0 fully saturated rings. The van der Waals surface area contributed by atoms with Gasteiger partial charge in [-0.2, -0.15) is 13.2 Å². The minimum Gasteiger partial charge on any atom is -0.478 e. The van der Waals surface area contributed by atoms with Crippen molar-refractivity contribution in [1.29, 1.82) is 0 Å². The zero-order valence-electron chi connectivity index (χ0n) is 12.7. The van der Waals surface area contributed by atoms with E-state index in [1.807, 2.05) is 0 Å². The van der Waals surface area contributed by atoms with E-state index in [1.54, 1.807) is 6.07 Å². The molecule has 0 aliphatic rings. The van der Waals surface area contributed by atoms with Crippen molar-refractivity contribution in [2.75, 3.05) is 0 Å². The second-order valence-electron chi connectivity index (χ2n) is 5.39. The first-order valence-corrected chi connectivity index (χ1v) is 7.27. The van der Waals surface area contributed by atoms with Crippen LogP contribution in [-0.4, -0.2) is 16.1 Å². The third-order valence-corrected chi connectivity index (χ3v) is 3.70. The zero-order chi connectivity index (χ0) is 18.0. The van der Waals surface area contributed by atoms with E-state index in [2.05, 4.69) is 4.98 Å². The highest BCUT2D eigenvalue weighted by molar-refractivity contribution is 5.89. The van der Waals surface area contributed by atoms with Crippen LogP contribution in [0.1, 0.15) is 27.0 Å². The number of halogens is 3. The summed E-state index contributed by atoms with van der Waals surface area (Å²) in [7, 11) is 0. The molecule has 0 unspecified atom stereocenters. The molecule has 0 atom stereocenters. The van der Waals surface area contributed by atoms with E-state index in [0.717, 1.165) is 12.1 Å². The smallest absolute Gasteiger partial charge is 0.416 e. The molecule has 7 heteroatoms. The van der Waals surface area contributed by atoms with Gasteiger partial charge in [-0.05, 0) is 41.8 Å². The van der Waals surface area contributed by atoms with Crippen molar-refractivity contribution < 1.29 is 27.5 Å². The van der Waals surface area contributed by atoms with Gasteiger partial charge in [0.1, 0.15) is 6.26 Å². The van der Waals surface area contributed by atoms with Crippen molar-refractivity contribution in [3.63, 3.8) is 0 Å². The molecule has 1 N–H and O–H groups in total. The summed E-state index contributed by atoms with van der Waals surface area (Å²) in [5.41, 5.74) is 1.20. The van der Waals surface area contributed by atoms with Crippen LogP contribution >= 0.6 is 0 Å². The highest BCUT2D eigenvalue weighted by Crippen LogP contribution is 2.30. The second kappa shape index (κ2) is 6.43. The third kappa shape index (κ3) is 3.71. The van der Waals surface area contributed by atoms with Gasteiger partial charge >= 0.3 is 12.1 Å². The zero-order valence-corrected chi connectivity index (χ0v) is 12.7. The van der Waals surface area contributed by atoms with Gasteiger partial charge in [0.15, 0.2) is 0 Å². The van der Waals surface area contributed by atoms with E-state index in [-0.39, 0.29) is 11.5 Å². The Balaban J connectivity index is 1.96. The molecule has 25 heavy (non-hydrogen) atoms. The average Bonchev–Trinajstić information content (AvgIpc) is 3.09. The lowest BCUT2D eigenvalue weighted by molar-refractivity contribution is -0.137. The van der Waals surface area contributed by atoms with Crippen LogP contribution < -0.4 is 0 Å². The van der Waals surface area contributed by atoms with Crippen LogP contribution in [-0.2, 0) is 12.6 Å². The molecule has 0 amide bonds. The summed E-state index contributed by atoms with van der Waals surface area (Å²) in [6.07, 6.45) is -1.27. The van der Waals surface area contributed by atoms with Crippen molar-refractivity contribution in [3.8, 4) is 11.5 Å². The van der Waals surface area contributed by atoms with E-state index < -0.39 is 17.7 Å². The lowest BCUT2D eigenvalue weighted by Gasteiger charge is -2.10. The number of benzene rings is 2. The first-order chi connectivity index (χ1) is 11.8. The fraction of sp³-hybridized carbons (Fsp3) is 0.111. The summed E-state index contributed by atoms with van der Waals surface area (Å²) in [5, 5.41) is 9.14. The molecule has 2 aromatic carbocycles. The van der Waals surface area contributed by atoms with Crippen LogP contribution in [0.5, 0.6) is 0 Å². The van der Waals surface area contributed by atoms with E-state index in [0.29, 0.717) is 23.1 Å². The minimum absolute atomic E-state index is 0.0735. The Morgan fingerprint density at radius 3 is 2.40 bits per heavy atom. The van der Waals surface area contributed by atoms with Gasteiger partial charge < -0.3 is 9.52 Å². The molecular weight excluding hydrogens is 335 g/mol. The molecule has 3 aromatic rings. The fourth-order valence-electron chi connectivity index (χ4n) is 2.45. The Hall–Kier alpha value is -3.09. The van der Waals surface area contributed by atoms with Crippen LogP contribution in [0.3, 0.4) is 0 Å². The highest BCUT2D eigenvalue weighted by Gasteiger charge is 2.29. The number of carboxylic acid groups (broad SMARTS) is 1. The Morgan fingerprint density at radius 2 is 1.84 bits per heavy atom. The summed E-state index contributed by atoms with van der Waals surface area (Å²) in [6.45, 7) is 0. The number of carbonyl (C=O) groups is 1. The quantitative estimate of drug-likeness (QED) is 0.746. The minimum atomic E-state index is -4.38. The SMILES string of the molecule is O=C(O)c1ccc(Cc2ccc(C(F)(F)F)cc2)c(-c2ncco2)c1. The summed E-state index contributed by atoms with van der Waals surface area (Å²) >= 11 is 0. The summed E-state index contributed by atoms with van der Waals surface area (Å²) in [5.74, 6) is -0.834. The second-order valence-corrected chi connectivity index (χ2v) is 5.39. The Labute approximate surface area is 140 Å². The molecule has 0 bridgehead atoms. The number of carboxylic acids is 1. The maximum absolute atomic E-state index is 12.6. The lowest BCUT2D eigenvalue weighted by atomic mass is 9.97. The Kier molecular flexibility index (Phi) is 4.31. The molecular formula is C18H12F3NO3. The fourth-order valence-corrected chi connectivity index (χ4v) is 2.45. The molecule has 0 radical (unpaired) electrons. The number of hydrogen-bond donors (Lipinski definition) is 1. The van der Waals surface area contributed by atoms with Crippen LogP contribution in [0.25, 0.3) is 11.5 Å². The van der Waals surface area contributed by atoms with Gasteiger partial charge in [-0.15, -0.1) is 0 Å². The van der Waals surface area contributed by atoms with Crippen molar-refractivity contribution in [3.05, 3.63) is 77.2 Å². The largest absolute Gasteiger partial charge is 0.478 e. The summed E-state index contributed by atoms with van der Waals surface area (Å²) in [4.78, 5) is 15.2. The Bertz CT molecular complexity index is 885. The highest BCUT2D eigenvalue weighted by atomic mass is 19.4. The number of nitrogens with zero attached hydrogens (tertiary/aromatic N) is 1. The van der Waals surface area contributed by atoms with Crippen LogP contribution in [0.4, 0.5) is 13.2 Å². The van der Waals surface area contributed by atoms with Gasteiger partial charge in [0.25, 0.3) is 0 Å². The van der Waals surface area contributed by atoms with E-state index in [4.69, 9.17) is 9.52 Å². The molecule has 1 heterocycles. The van der Waals surface area contributed by atoms with Gasteiger partial charge in [0.2, 0.25) is 5.89 Å². The van der Waals surface area contributed by atoms with Crippen LogP contribution in [0.15, 0.2) is 59.3 Å². The molecule has 1 aromatic heterocycles. The van der Waals surface area contributed by atoms with Crippen molar-refractivity contribution in [1.82, 2.24) is 4.98 Å². The number of rotatable bonds is 4. The number of hydrogen-bond acceptors (Lipinski definition) is 3. The van der Waals surface area contributed by atoms with Gasteiger partial charge in [0.05, 0.1) is 17.3 Å². The lowest BCUT2D eigenvalue weighted by Crippen LogP contribution is -2.04. The molecule has 0 saturated carbocycles. The summed E-state index contributed by atoms with van der Waals surface area (Å²) < 4.78 is 43.2. The first-order valence-electron chi connectivity index (χ1n) is 7.27. The average molecular weight is 347 g/mol. The van der Waals surface area contributed by atoms with Gasteiger partial charge in [-0.3, -0.25) is 0 Å². The third-order valence-electron chi connectivity index (χ3n) is 3.70. The van der Waals surface area contributed by atoms with Crippen molar-refractivity contribution >= 4 is 5.97 Å². The molecule has 128 valence electrons. The maximum Gasteiger partial charge on any atom is 0.416 e. The first kappa shape index (κ1) is 16.8.